The number of hydrogen-bond acceptors (Lipinski definition) is 3. The summed E-state index contributed by atoms with van der Waals surface area (Å²) in [5, 5.41) is 8.88. The smallest absolute Gasteiger partial charge is 0.304 e. The Morgan fingerprint density at radius 1 is 1.47 bits per heavy atom. The van der Waals surface area contributed by atoms with Crippen LogP contribution in [0.5, 0.6) is 0 Å². The van der Waals surface area contributed by atoms with Gasteiger partial charge in [0.25, 0.3) is 0 Å². The summed E-state index contributed by atoms with van der Waals surface area (Å²) in [5.41, 5.74) is 0.280. The van der Waals surface area contributed by atoms with Crippen molar-refractivity contribution in [2.75, 3.05) is 18.1 Å². The van der Waals surface area contributed by atoms with Crippen LogP contribution in [0.15, 0.2) is 18.2 Å². The third-order valence-electron chi connectivity index (χ3n) is 3.16. The van der Waals surface area contributed by atoms with Crippen LogP contribution in [0.25, 0.3) is 0 Å². The molecule has 1 aliphatic heterocycles. The highest BCUT2D eigenvalue weighted by atomic mass is 32.2. The third-order valence-corrected chi connectivity index (χ3v) is 4.26. The molecule has 1 atom stereocenters. The largest absolute Gasteiger partial charge is 0.481 e. The molecule has 1 N–H and O–H groups in total. The number of carbonyl (C=O) groups is 1. The lowest BCUT2D eigenvalue weighted by atomic mass is 10.1. The van der Waals surface area contributed by atoms with Crippen molar-refractivity contribution in [2.45, 2.75) is 19.0 Å². The van der Waals surface area contributed by atoms with Crippen LogP contribution < -0.4 is 0 Å². The molecule has 0 amide bonds. The quantitative estimate of drug-likeness (QED) is 0.923. The molecule has 104 valence electrons. The maximum absolute atomic E-state index is 13.6. The van der Waals surface area contributed by atoms with Crippen molar-refractivity contribution in [1.82, 2.24) is 4.90 Å². The van der Waals surface area contributed by atoms with E-state index in [9.17, 15) is 13.6 Å². The summed E-state index contributed by atoms with van der Waals surface area (Å²) in [4.78, 5) is 12.7. The van der Waals surface area contributed by atoms with Crippen LogP contribution in [0, 0.1) is 11.6 Å². The number of rotatable bonds is 4. The van der Waals surface area contributed by atoms with Gasteiger partial charge in [0.15, 0.2) is 11.6 Å². The fourth-order valence-electron chi connectivity index (χ4n) is 2.18. The molecule has 1 heterocycles. The van der Waals surface area contributed by atoms with Crippen LogP contribution in [0.4, 0.5) is 8.78 Å². The number of thioether (sulfide) groups is 1. The van der Waals surface area contributed by atoms with Crippen LogP contribution in [-0.2, 0) is 11.3 Å². The van der Waals surface area contributed by atoms with Crippen LogP contribution in [0.2, 0.25) is 0 Å². The zero-order valence-electron chi connectivity index (χ0n) is 10.3. The number of carboxylic acids is 1. The van der Waals surface area contributed by atoms with Crippen LogP contribution >= 0.6 is 11.8 Å². The SMILES string of the molecule is O=C(O)CC1CSCCN1Cc1cccc(F)c1F. The molecule has 3 nitrogen and oxygen atoms in total. The van der Waals surface area contributed by atoms with Crippen molar-refractivity contribution in [3.63, 3.8) is 0 Å². The molecule has 1 aromatic rings. The zero-order chi connectivity index (χ0) is 13.8. The molecule has 0 radical (unpaired) electrons. The Balaban J connectivity index is 2.10. The van der Waals surface area contributed by atoms with E-state index in [1.165, 1.54) is 12.1 Å². The summed E-state index contributed by atoms with van der Waals surface area (Å²) in [6.45, 7) is 0.945. The Kier molecular flexibility index (Phi) is 4.76. The Morgan fingerprint density at radius 2 is 2.26 bits per heavy atom. The van der Waals surface area contributed by atoms with Gasteiger partial charge < -0.3 is 5.11 Å². The fourth-order valence-corrected chi connectivity index (χ4v) is 3.31. The highest BCUT2D eigenvalue weighted by Crippen LogP contribution is 2.22. The maximum atomic E-state index is 13.6. The van der Waals surface area contributed by atoms with E-state index < -0.39 is 17.6 Å². The van der Waals surface area contributed by atoms with Crippen LogP contribution in [0.3, 0.4) is 0 Å². The second-order valence-corrected chi connectivity index (χ2v) is 5.66. The van der Waals surface area contributed by atoms with Crippen LogP contribution in [0.1, 0.15) is 12.0 Å². The average Bonchev–Trinajstić information content (AvgIpc) is 2.36. The first kappa shape index (κ1) is 14.3. The molecule has 2 rings (SSSR count). The van der Waals surface area contributed by atoms with E-state index in [0.717, 1.165) is 11.8 Å². The monoisotopic (exact) mass is 287 g/mol. The predicted molar refractivity (Wildman–Crippen MR) is 70.1 cm³/mol. The summed E-state index contributed by atoms with van der Waals surface area (Å²) < 4.78 is 26.8. The maximum Gasteiger partial charge on any atom is 0.304 e. The number of halogens is 2. The van der Waals surface area contributed by atoms with Gasteiger partial charge >= 0.3 is 5.97 Å². The Hall–Kier alpha value is -1.14. The summed E-state index contributed by atoms with van der Waals surface area (Å²) in [5.74, 6) is -0.971. The second-order valence-electron chi connectivity index (χ2n) is 4.51. The lowest BCUT2D eigenvalue weighted by molar-refractivity contribution is -0.138. The highest BCUT2D eigenvalue weighted by Gasteiger charge is 2.26. The van der Waals surface area contributed by atoms with Crippen molar-refractivity contribution in [2.24, 2.45) is 0 Å². The topological polar surface area (TPSA) is 40.5 Å². The zero-order valence-corrected chi connectivity index (χ0v) is 11.1. The lowest BCUT2D eigenvalue weighted by Crippen LogP contribution is -2.43. The van der Waals surface area contributed by atoms with Crippen molar-refractivity contribution >= 4 is 17.7 Å². The number of hydrogen-bond donors (Lipinski definition) is 1. The molecule has 6 heteroatoms. The lowest BCUT2D eigenvalue weighted by Gasteiger charge is -2.34. The van der Waals surface area contributed by atoms with E-state index in [1.807, 2.05) is 4.90 Å². The van der Waals surface area contributed by atoms with Gasteiger partial charge in [0, 0.05) is 36.2 Å². The molecule has 0 bridgehead atoms. The van der Waals surface area contributed by atoms with Gasteiger partial charge in [-0.15, -0.1) is 0 Å². The standard InChI is InChI=1S/C13H15F2NO2S/c14-11-3-1-2-9(13(11)15)7-16-4-5-19-8-10(16)6-12(17)18/h1-3,10H,4-8H2,(H,17,18). The minimum absolute atomic E-state index is 0.0317. The van der Waals surface area contributed by atoms with Gasteiger partial charge in [-0.3, -0.25) is 9.69 Å². The second kappa shape index (κ2) is 6.34. The van der Waals surface area contributed by atoms with E-state index in [-0.39, 0.29) is 24.6 Å². The van der Waals surface area contributed by atoms with Gasteiger partial charge in [0.2, 0.25) is 0 Å². The normalized spacial score (nSPS) is 20.4. The minimum atomic E-state index is -0.864. The Bertz CT molecular complexity index is 470. The first-order valence-electron chi connectivity index (χ1n) is 6.04. The third kappa shape index (κ3) is 3.67. The van der Waals surface area contributed by atoms with Gasteiger partial charge in [0.1, 0.15) is 0 Å². The Labute approximate surface area is 114 Å². The van der Waals surface area contributed by atoms with E-state index in [4.69, 9.17) is 5.11 Å². The van der Waals surface area contributed by atoms with Crippen molar-refractivity contribution in [1.29, 1.82) is 0 Å². The molecule has 0 aliphatic carbocycles. The van der Waals surface area contributed by atoms with Gasteiger partial charge in [-0.05, 0) is 6.07 Å². The number of aliphatic carboxylic acids is 1. The molecule has 0 saturated carbocycles. The highest BCUT2D eigenvalue weighted by molar-refractivity contribution is 7.99. The molecule has 1 saturated heterocycles. The Morgan fingerprint density at radius 3 is 3.00 bits per heavy atom. The first-order valence-corrected chi connectivity index (χ1v) is 7.20. The molecule has 0 aromatic heterocycles. The van der Waals surface area contributed by atoms with E-state index in [2.05, 4.69) is 0 Å². The van der Waals surface area contributed by atoms with E-state index in [1.54, 1.807) is 11.8 Å². The molecular weight excluding hydrogens is 272 g/mol. The summed E-state index contributed by atoms with van der Waals surface area (Å²) in [6.07, 6.45) is 0.0317. The van der Waals surface area contributed by atoms with Crippen molar-refractivity contribution in [3.05, 3.63) is 35.4 Å². The predicted octanol–water partition coefficient (Wildman–Crippen LogP) is 2.36. The number of nitrogens with zero attached hydrogens (tertiary/aromatic N) is 1. The van der Waals surface area contributed by atoms with Gasteiger partial charge in [0.05, 0.1) is 6.42 Å². The molecule has 19 heavy (non-hydrogen) atoms. The minimum Gasteiger partial charge on any atom is -0.481 e. The van der Waals surface area contributed by atoms with Crippen LogP contribution in [-0.4, -0.2) is 40.1 Å². The molecule has 1 aromatic carbocycles. The van der Waals surface area contributed by atoms with Crippen molar-refractivity contribution < 1.29 is 18.7 Å². The number of benzene rings is 1. The van der Waals surface area contributed by atoms with E-state index in [0.29, 0.717) is 12.3 Å². The molecule has 1 unspecified atom stereocenters. The molecule has 0 spiro atoms. The summed E-state index contributed by atoms with van der Waals surface area (Å²) >= 11 is 1.69. The van der Waals surface area contributed by atoms with E-state index >= 15 is 0 Å². The van der Waals surface area contributed by atoms with Gasteiger partial charge in [-0.2, -0.15) is 11.8 Å². The average molecular weight is 287 g/mol. The molecule has 1 fully saturated rings. The molecule has 1 aliphatic rings. The van der Waals surface area contributed by atoms with Gasteiger partial charge in [-0.25, -0.2) is 8.78 Å². The number of carboxylic acid groups (broad SMARTS) is 1. The fraction of sp³-hybridized carbons (Fsp3) is 0.462. The first-order chi connectivity index (χ1) is 9.08. The summed E-state index contributed by atoms with van der Waals surface area (Å²) in [7, 11) is 0. The van der Waals surface area contributed by atoms with Crippen molar-refractivity contribution in [3.8, 4) is 0 Å². The van der Waals surface area contributed by atoms with Gasteiger partial charge in [-0.1, -0.05) is 12.1 Å². The summed E-state index contributed by atoms with van der Waals surface area (Å²) in [6, 6.07) is 3.97. The molecular formula is C13H15F2NO2S.